The predicted octanol–water partition coefficient (Wildman–Crippen LogP) is 2.43. The van der Waals surface area contributed by atoms with Gasteiger partial charge in [-0.3, -0.25) is 9.52 Å². The predicted molar refractivity (Wildman–Crippen MR) is 122 cm³/mol. The number of sulfonamides is 1. The molecule has 9 nitrogen and oxygen atoms in total. The largest absolute Gasteiger partial charge is 0.437 e. The minimum absolute atomic E-state index is 0.0425. The first-order chi connectivity index (χ1) is 15.7. The van der Waals surface area contributed by atoms with Gasteiger partial charge in [-0.25, -0.2) is 12.8 Å². The third kappa shape index (κ3) is 5.67. The fourth-order valence-corrected chi connectivity index (χ4v) is 3.95. The highest BCUT2D eigenvalue weighted by Crippen LogP contribution is 2.35. The number of fused-ring (bicyclic) bond motifs is 1. The second-order valence-corrected chi connectivity index (χ2v) is 9.49. The van der Waals surface area contributed by atoms with Crippen LogP contribution in [0.2, 0.25) is 0 Å². The molecule has 0 saturated carbocycles. The highest BCUT2D eigenvalue weighted by molar-refractivity contribution is 7.92. The van der Waals surface area contributed by atoms with E-state index in [4.69, 9.17) is 9.52 Å². The highest BCUT2D eigenvalue weighted by Gasteiger charge is 2.25. The Kier molecular flexibility index (Phi) is 7.67. The number of furan rings is 1. The van der Waals surface area contributed by atoms with Crippen molar-refractivity contribution in [3.8, 4) is 11.3 Å². The zero-order valence-corrected chi connectivity index (χ0v) is 19.1. The first kappa shape index (κ1) is 24.6. The molecule has 1 unspecified atom stereocenters. The zero-order valence-electron chi connectivity index (χ0n) is 18.3. The molecule has 0 aliphatic heterocycles. The normalized spacial score (nSPS) is 12.6. The summed E-state index contributed by atoms with van der Waals surface area (Å²) in [5.41, 5.74) is 1.19. The van der Waals surface area contributed by atoms with E-state index in [0.717, 1.165) is 0 Å². The van der Waals surface area contributed by atoms with Crippen molar-refractivity contribution in [1.29, 1.82) is 0 Å². The van der Waals surface area contributed by atoms with E-state index in [-0.39, 0.29) is 35.2 Å². The van der Waals surface area contributed by atoms with E-state index in [9.17, 15) is 22.7 Å². The van der Waals surface area contributed by atoms with E-state index < -0.39 is 27.9 Å². The molecular weight excluding hydrogens is 453 g/mol. The van der Waals surface area contributed by atoms with Gasteiger partial charge in [-0.1, -0.05) is 0 Å². The maximum atomic E-state index is 13.4. The van der Waals surface area contributed by atoms with Crippen molar-refractivity contribution in [2.24, 2.45) is 0 Å². The number of rotatable bonds is 10. The topological polar surface area (TPSA) is 142 Å². The standard InChI is InChI=1S/C22H26FN3O6S/c1-3-33(30,31)26-20-14(5-4-6-16(28)12-27)11-17-18(21(29)24-2)19(32-22(17)25-20)13-7-9-15(23)10-8-13/h7-11,16,27-28H,3-6,12H2,1-2H3,(H,24,29)(H,25,26). The number of aliphatic hydroxyl groups excluding tert-OH is 2. The number of nitrogens with one attached hydrogen (secondary N) is 2. The van der Waals surface area contributed by atoms with Crippen molar-refractivity contribution in [1.82, 2.24) is 10.3 Å². The maximum Gasteiger partial charge on any atom is 0.255 e. The number of anilines is 1. The number of aryl methyl sites for hydroxylation is 1. The number of carbonyl (C=O) groups excluding carboxylic acids is 1. The van der Waals surface area contributed by atoms with Crippen molar-refractivity contribution >= 4 is 32.8 Å². The monoisotopic (exact) mass is 479 g/mol. The molecule has 33 heavy (non-hydrogen) atoms. The average Bonchev–Trinajstić information content (AvgIpc) is 3.16. The Hall–Kier alpha value is -3.02. The van der Waals surface area contributed by atoms with Gasteiger partial charge < -0.3 is 19.9 Å². The first-order valence-corrected chi connectivity index (χ1v) is 12.1. The van der Waals surface area contributed by atoms with Gasteiger partial charge in [0.2, 0.25) is 15.7 Å². The third-order valence-electron chi connectivity index (χ3n) is 5.15. The maximum absolute atomic E-state index is 13.4. The van der Waals surface area contributed by atoms with Gasteiger partial charge in [-0.05, 0) is 62.1 Å². The van der Waals surface area contributed by atoms with Gasteiger partial charge in [0.1, 0.15) is 17.4 Å². The molecule has 0 fully saturated rings. The van der Waals surface area contributed by atoms with Crippen LogP contribution in [-0.4, -0.2) is 55.0 Å². The van der Waals surface area contributed by atoms with Gasteiger partial charge in [-0.15, -0.1) is 0 Å². The van der Waals surface area contributed by atoms with Gasteiger partial charge in [0.25, 0.3) is 5.91 Å². The second-order valence-electron chi connectivity index (χ2n) is 7.48. The molecule has 0 radical (unpaired) electrons. The summed E-state index contributed by atoms with van der Waals surface area (Å²) in [4.78, 5) is 17.1. The molecule has 4 N–H and O–H groups in total. The SMILES string of the molecule is CCS(=O)(=O)Nc1nc2oc(-c3ccc(F)cc3)c(C(=O)NC)c2cc1CCCC(O)CO. The molecule has 2 aromatic heterocycles. The van der Waals surface area contributed by atoms with Crippen LogP contribution in [0.4, 0.5) is 10.2 Å². The van der Waals surface area contributed by atoms with E-state index in [1.54, 1.807) is 6.07 Å². The molecule has 1 amide bonds. The van der Waals surface area contributed by atoms with Gasteiger partial charge >= 0.3 is 0 Å². The van der Waals surface area contributed by atoms with E-state index in [1.807, 2.05) is 0 Å². The number of hydrogen-bond donors (Lipinski definition) is 4. The zero-order chi connectivity index (χ0) is 24.2. The first-order valence-electron chi connectivity index (χ1n) is 10.4. The van der Waals surface area contributed by atoms with Gasteiger partial charge in [0, 0.05) is 12.6 Å². The lowest BCUT2D eigenvalue weighted by atomic mass is 10.0. The second kappa shape index (κ2) is 10.3. The molecular formula is C22H26FN3O6S. The number of aromatic nitrogens is 1. The fourth-order valence-electron chi connectivity index (χ4n) is 3.34. The lowest BCUT2D eigenvalue weighted by Gasteiger charge is -2.12. The third-order valence-corrected chi connectivity index (χ3v) is 6.41. The molecule has 0 saturated heterocycles. The van der Waals surface area contributed by atoms with Crippen LogP contribution in [0.1, 0.15) is 35.7 Å². The van der Waals surface area contributed by atoms with Crippen LogP contribution in [0.15, 0.2) is 34.7 Å². The van der Waals surface area contributed by atoms with E-state index in [2.05, 4.69) is 15.0 Å². The molecule has 1 aromatic carbocycles. The molecule has 0 aliphatic rings. The van der Waals surface area contributed by atoms with Gasteiger partial charge in [-0.2, -0.15) is 4.98 Å². The average molecular weight is 480 g/mol. The molecule has 1 atom stereocenters. The lowest BCUT2D eigenvalue weighted by molar-refractivity contribution is 0.0867. The van der Waals surface area contributed by atoms with Gasteiger partial charge in [0.15, 0.2) is 0 Å². The summed E-state index contributed by atoms with van der Waals surface area (Å²) in [5.74, 6) is -0.825. The van der Waals surface area contributed by atoms with E-state index in [1.165, 1.54) is 38.2 Å². The Morgan fingerprint density at radius 1 is 1.27 bits per heavy atom. The summed E-state index contributed by atoms with van der Waals surface area (Å²) in [7, 11) is -2.19. The minimum atomic E-state index is -3.66. The van der Waals surface area contributed by atoms with Crippen LogP contribution in [0.5, 0.6) is 0 Å². The Balaban J connectivity index is 2.17. The molecule has 0 spiro atoms. The number of carbonyl (C=O) groups is 1. The number of nitrogens with zero attached hydrogens (tertiary/aromatic N) is 1. The number of benzene rings is 1. The molecule has 11 heteroatoms. The van der Waals surface area contributed by atoms with Crippen LogP contribution in [0, 0.1) is 5.82 Å². The molecule has 178 valence electrons. The number of amides is 1. The van der Waals surface area contributed by atoms with E-state index >= 15 is 0 Å². The van der Waals surface area contributed by atoms with Crippen molar-refractivity contribution in [3.63, 3.8) is 0 Å². The Labute approximate surface area is 190 Å². The summed E-state index contributed by atoms with van der Waals surface area (Å²) in [6, 6.07) is 7.04. The van der Waals surface area contributed by atoms with Crippen molar-refractivity contribution in [2.75, 3.05) is 24.1 Å². The fraction of sp³-hybridized carbons (Fsp3) is 0.364. The molecule has 0 bridgehead atoms. The summed E-state index contributed by atoms with van der Waals surface area (Å²) in [6.45, 7) is 1.11. The van der Waals surface area contributed by atoms with Crippen molar-refractivity contribution in [2.45, 2.75) is 32.3 Å². The number of pyridine rings is 1. The van der Waals surface area contributed by atoms with Crippen molar-refractivity contribution in [3.05, 3.63) is 47.3 Å². The van der Waals surface area contributed by atoms with Crippen LogP contribution in [0.3, 0.4) is 0 Å². The Morgan fingerprint density at radius 2 is 1.97 bits per heavy atom. The number of hydrogen-bond acceptors (Lipinski definition) is 7. The Morgan fingerprint density at radius 3 is 2.58 bits per heavy atom. The van der Waals surface area contributed by atoms with Crippen LogP contribution < -0.4 is 10.0 Å². The molecule has 3 aromatic rings. The summed E-state index contributed by atoms with van der Waals surface area (Å²) in [6.07, 6.45) is 0.167. The van der Waals surface area contributed by atoms with Crippen molar-refractivity contribution < 1.29 is 32.2 Å². The van der Waals surface area contributed by atoms with Crippen LogP contribution in [0.25, 0.3) is 22.4 Å². The molecule has 0 aliphatic carbocycles. The summed E-state index contributed by atoms with van der Waals surface area (Å²) < 4.78 is 46.1. The number of halogens is 1. The summed E-state index contributed by atoms with van der Waals surface area (Å²) in [5, 5.41) is 21.6. The van der Waals surface area contributed by atoms with Gasteiger partial charge in [0.05, 0.1) is 29.4 Å². The lowest BCUT2D eigenvalue weighted by Crippen LogP contribution is -2.19. The highest BCUT2D eigenvalue weighted by atomic mass is 32.2. The molecule has 2 heterocycles. The quantitative estimate of drug-likeness (QED) is 0.350. The summed E-state index contributed by atoms with van der Waals surface area (Å²) >= 11 is 0. The smallest absolute Gasteiger partial charge is 0.255 e. The van der Waals surface area contributed by atoms with E-state index in [0.29, 0.717) is 35.8 Å². The Bertz CT molecular complexity index is 1240. The van der Waals surface area contributed by atoms with Crippen LogP contribution in [-0.2, 0) is 16.4 Å². The number of aliphatic hydroxyl groups is 2. The minimum Gasteiger partial charge on any atom is -0.437 e. The van der Waals surface area contributed by atoms with Crippen LogP contribution >= 0.6 is 0 Å². The molecule has 3 rings (SSSR count).